The van der Waals surface area contributed by atoms with Crippen molar-refractivity contribution in [2.45, 2.75) is 26.2 Å². The number of nitrogens with two attached hydrogens (primary N) is 1. The number of urea groups is 1. The Morgan fingerprint density at radius 1 is 1.67 bits per heavy atom. The molecule has 82 valence electrons. The smallest absolute Gasteiger partial charge is 0.332 e. The standard InChI is InChI=1S/C10H15N3O2/c1-2-3-5-8(12-13-10(11)14)9-6-4-7-15-9/h4,6-7H,2-3,5H2,1H3,(H3,11,13,14). The average molecular weight is 209 g/mol. The van der Waals surface area contributed by atoms with Gasteiger partial charge in [0.1, 0.15) is 11.5 Å². The minimum atomic E-state index is -0.671. The van der Waals surface area contributed by atoms with E-state index in [4.69, 9.17) is 10.2 Å². The number of nitrogens with one attached hydrogen (secondary N) is 1. The summed E-state index contributed by atoms with van der Waals surface area (Å²) in [5, 5.41) is 3.90. The van der Waals surface area contributed by atoms with Gasteiger partial charge in [0.2, 0.25) is 0 Å². The van der Waals surface area contributed by atoms with Crippen LogP contribution in [0.3, 0.4) is 0 Å². The van der Waals surface area contributed by atoms with Crippen molar-refractivity contribution in [3.63, 3.8) is 0 Å². The molecule has 0 fully saturated rings. The maximum atomic E-state index is 10.5. The number of furan rings is 1. The van der Waals surface area contributed by atoms with Crippen molar-refractivity contribution in [2.24, 2.45) is 10.8 Å². The number of hydrazone groups is 1. The van der Waals surface area contributed by atoms with Crippen LogP contribution in [-0.2, 0) is 0 Å². The van der Waals surface area contributed by atoms with E-state index in [2.05, 4.69) is 17.5 Å². The van der Waals surface area contributed by atoms with Gasteiger partial charge in [0, 0.05) is 0 Å². The fourth-order valence-corrected chi connectivity index (χ4v) is 1.14. The predicted octanol–water partition coefficient (Wildman–Crippen LogP) is 1.84. The lowest BCUT2D eigenvalue weighted by Gasteiger charge is -2.02. The van der Waals surface area contributed by atoms with Gasteiger partial charge in [-0.05, 0) is 25.0 Å². The number of hydrogen-bond donors (Lipinski definition) is 2. The van der Waals surface area contributed by atoms with Crippen LogP contribution in [0.4, 0.5) is 4.79 Å². The van der Waals surface area contributed by atoms with E-state index < -0.39 is 6.03 Å². The van der Waals surface area contributed by atoms with Crippen LogP contribution in [0.25, 0.3) is 0 Å². The first kappa shape index (κ1) is 11.3. The lowest BCUT2D eigenvalue weighted by Crippen LogP contribution is -2.26. The number of nitrogens with zero attached hydrogens (tertiary/aromatic N) is 1. The van der Waals surface area contributed by atoms with E-state index in [9.17, 15) is 4.79 Å². The number of carbonyl (C=O) groups is 1. The molecule has 0 aliphatic rings. The number of hydrogen-bond acceptors (Lipinski definition) is 3. The molecule has 1 aromatic heterocycles. The van der Waals surface area contributed by atoms with E-state index in [1.54, 1.807) is 18.4 Å². The molecule has 0 atom stereocenters. The van der Waals surface area contributed by atoms with Crippen molar-refractivity contribution in [2.75, 3.05) is 0 Å². The summed E-state index contributed by atoms with van der Waals surface area (Å²) in [5.74, 6) is 0.664. The van der Waals surface area contributed by atoms with Gasteiger partial charge < -0.3 is 10.2 Å². The summed E-state index contributed by atoms with van der Waals surface area (Å²) in [4.78, 5) is 10.5. The molecule has 5 nitrogen and oxygen atoms in total. The Kier molecular flexibility index (Phi) is 4.40. The minimum Gasteiger partial charge on any atom is -0.463 e. The SMILES string of the molecule is CCCCC(=NNC(N)=O)c1ccco1. The molecule has 2 amide bonds. The number of primary amides is 1. The summed E-state index contributed by atoms with van der Waals surface area (Å²) in [6, 6.07) is 2.91. The minimum absolute atomic E-state index is 0.664. The second kappa shape index (κ2) is 5.85. The van der Waals surface area contributed by atoms with Gasteiger partial charge in [-0.2, -0.15) is 5.10 Å². The zero-order valence-corrected chi connectivity index (χ0v) is 8.69. The molecular formula is C10H15N3O2. The van der Waals surface area contributed by atoms with E-state index in [-0.39, 0.29) is 0 Å². The number of rotatable bonds is 5. The summed E-state index contributed by atoms with van der Waals surface area (Å²) in [6.07, 6.45) is 4.36. The van der Waals surface area contributed by atoms with Crippen molar-refractivity contribution in [1.82, 2.24) is 5.43 Å². The zero-order chi connectivity index (χ0) is 11.1. The average Bonchev–Trinajstić information content (AvgIpc) is 2.71. The van der Waals surface area contributed by atoms with E-state index in [0.717, 1.165) is 19.3 Å². The molecule has 0 unspecified atom stereocenters. The molecule has 0 aliphatic carbocycles. The zero-order valence-electron chi connectivity index (χ0n) is 8.69. The Hall–Kier alpha value is -1.78. The molecule has 0 radical (unpaired) electrons. The second-order valence-corrected chi connectivity index (χ2v) is 3.12. The van der Waals surface area contributed by atoms with Crippen LogP contribution in [0.5, 0.6) is 0 Å². The van der Waals surface area contributed by atoms with Gasteiger partial charge in [0.05, 0.1) is 6.26 Å². The van der Waals surface area contributed by atoms with Crippen LogP contribution in [0.2, 0.25) is 0 Å². The van der Waals surface area contributed by atoms with Gasteiger partial charge in [-0.3, -0.25) is 0 Å². The maximum Gasteiger partial charge on any atom is 0.332 e. The molecular weight excluding hydrogens is 194 g/mol. The molecule has 15 heavy (non-hydrogen) atoms. The number of unbranched alkanes of at least 4 members (excludes halogenated alkanes) is 1. The molecule has 5 heteroatoms. The molecule has 0 saturated heterocycles. The van der Waals surface area contributed by atoms with Crippen molar-refractivity contribution < 1.29 is 9.21 Å². The maximum absolute atomic E-state index is 10.5. The van der Waals surface area contributed by atoms with Crippen LogP contribution in [-0.4, -0.2) is 11.7 Å². The van der Waals surface area contributed by atoms with E-state index in [1.807, 2.05) is 0 Å². The summed E-state index contributed by atoms with van der Waals surface area (Å²) < 4.78 is 5.20. The molecule has 3 N–H and O–H groups in total. The van der Waals surface area contributed by atoms with Gasteiger partial charge in [0.15, 0.2) is 0 Å². The summed E-state index contributed by atoms with van der Waals surface area (Å²) in [6.45, 7) is 2.08. The molecule has 0 saturated carbocycles. The highest BCUT2D eigenvalue weighted by Crippen LogP contribution is 2.08. The van der Waals surface area contributed by atoms with E-state index >= 15 is 0 Å². The highest BCUT2D eigenvalue weighted by Gasteiger charge is 2.06. The van der Waals surface area contributed by atoms with Gasteiger partial charge in [0.25, 0.3) is 0 Å². The highest BCUT2D eigenvalue weighted by atomic mass is 16.3. The third kappa shape index (κ3) is 3.84. The first-order valence-corrected chi connectivity index (χ1v) is 4.90. The van der Waals surface area contributed by atoms with Gasteiger partial charge >= 0.3 is 6.03 Å². The predicted molar refractivity (Wildman–Crippen MR) is 57.5 cm³/mol. The van der Waals surface area contributed by atoms with E-state index in [0.29, 0.717) is 11.5 Å². The second-order valence-electron chi connectivity index (χ2n) is 3.12. The van der Waals surface area contributed by atoms with Crippen LogP contribution in [0.15, 0.2) is 27.9 Å². The lowest BCUT2D eigenvalue weighted by molar-refractivity contribution is 0.249. The van der Waals surface area contributed by atoms with Crippen molar-refractivity contribution in [3.8, 4) is 0 Å². The highest BCUT2D eigenvalue weighted by molar-refractivity contribution is 5.98. The third-order valence-corrected chi connectivity index (χ3v) is 1.87. The van der Waals surface area contributed by atoms with Crippen molar-refractivity contribution >= 4 is 11.7 Å². The number of amides is 2. The van der Waals surface area contributed by atoms with Crippen molar-refractivity contribution in [3.05, 3.63) is 24.2 Å². The van der Waals surface area contributed by atoms with E-state index in [1.165, 1.54) is 0 Å². The lowest BCUT2D eigenvalue weighted by atomic mass is 10.1. The Labute approximate surface area is 88.3 Å². The summed E-state index contributed by atoms with van der Waals surface area (Å²) >= 11 is 0. The molecule has 1 rings (SSSR count). The number of carbonyl (C=O) groups excluding carboxylic acids is 1. The van der Waals surface area contributed by atoms with Crippen LogP contribution >= 0.6 is 0 Å². The molecule has 0 spiro atoms. The largest absolute Gasteiger partial charge is 0.463 e. The normalized spacial score (nSPS) is 11.4. The van der Waals surface area contributed by atoms with Crippen LogP contribution in [0.1, 0.15) is 31.9 Å². The first-order valence-electron chi connectivity index (χ1n) is 4.90. The Morgan fingerprint density at radius 3 is 3.00 bits per heavy atom. The van der Waals surface area contributed by atoms with Gasteiger partial charge in [-0.1, -0.05) is 13.3 Å². The summed E-state index contributed by atoms with van der Waals surface area (Å²) in [5.41, 5.74) is 7.85. The monoisotopic (exact) mass is 209 g/mol. The molecule has 1 heterocycles. The van der Waals surface area contributed by atoms with Gasteiger partial charge in [-0.25, -0.2) is 10.2 Å². The molecule has 0 aliphatic heterocycles. The Balaban J connectivity index is 2.69. The van der Waals surface area contributed by atoms with Crippen LogP contribution in [0, 0.1) is 0 Å². The fraction of sp³-hybridized carbons (Fsp3) is 0.400. The fourth-order valence-electron chi connectivity index (χ4n) is 1.14. The topological polar surface area (TPSA) is 80.6 Å². The van der Waals surface area contributed by atoms with Crippen LogP contribution < -0.4 is 11.2 Å². The molecule has 0 aromatic carbocycles. The summed E-state index contributed by atoms with van der Waals surface area (Å²) in [7, 11) is 0. The van der Waals surface area contributed by atoms with Gasteiger partial charge in [-0.15, -0.1) is 0 Å². The quantitative estimate of drug-likeness (QED) is 0.573. The first-order chi connectivity index (χ1) is 7.24. The Bertz CT molecular complexity index is 330. The molecule has 0 bridgehead atoms. The Morgan fingerprint density at radius 2 is 2.47 bits per heavy atom. The third-order valence-electron chi connectivity index (χ3n) is 1.87. The van der Waals surface area contributed by atoms with Crippen molar-refractivity contribution in [1.29, 1.82) is 0 Å². The molecule has 1 aromatic rings.